The topological polar surface area (TPSA) is 72.2 Å². The van der Waals surface area contributed by atoms with Crippen LogP contribution in [-0.2, 0) is 23.2 Å². The van der Waals surface area contributed by atoms with Crippen molar-refractivity contribution in [3.05, 3.63) is 76.3 Å². The average Bonchev–Trinajstić information content (AvgIpc) is 2.59. The molecule has 3 rings (SSSR count). The van der Waals surface area contributed by atoms with Crippen LogP contribution in [0.5, 0.6) is 0 Å². The molecule has 0 aliphatic carbocycles. The van der Waals surface area contributed by atoms with Crippen molar-refractivity contribution in [1.82, 2.24) is 9.55 Å². The molecule has 0 atom stereocenters. The standard InChI is InChI=1S/C20H20N2O3/c1-20(2,14-8-4-3-5-9-14)12-17-21-19(25)15-10-6-7-11-16(15)22(17)13-18(23)24/h3-11H,12-13H2,1-2H3,(H,23,24). The van der Waals surface area contributed by atoms with E-state index in [-0.39, 0.29) is 17.5 Å². The van der Waals surface area contributed by atoms with Crippen LogP contribution in [0.15, 0.2) is 59.4 Å². The Morgan fingerprint density at radius 1 is 1.08 bits per heavy atom. The molecule has 25 heavy (non-hydrogen) atoms. The van der Waals surface area contributed by atoms with Gasteiger partial charge >= 0.3 is 5.97 Å². The zero-order valence-corrected chi connectivity index (χ0v) is 14.3. The minimum atomic E-state index is -0.964. The summed E-state index contributed by atoms with van der Waals surface area (Å²) in [4.78, 5) is 28.0. The van der Waals surface area contributed by atoms with Crippen LogP contribution >= 0.6 is 0 Å². The second-order valence-corrected chi connectivity index (χ2v) is 6.76. The Hall–Kier alpha value is -2.95. The highest BCUT2D eigenvalue weighted by Gasteiger charge is 2.24. The van der Waals surface area contributed by atoms with E-state index < -0.39 is 5.97 Å². The van der Waals surface area contributed by atoms with Gasteiger partial charge in [-0.3, -0.25) is 9.59 Å². The zero-order chi connectivity index (χ0) is 18.0. The van der Waals surface area contributed by atoms with Gasteiger partial charge in [0.1, 0.15) is 12.4 Å². The summed E-state index contributed by atoms with van der Waals surface area (Å²) in [5, 5.41) is 9.74. The molecule has 0 bridgehead atoms. The third-order valence-corrected chi connectivity index (χ3v) is 4.42. The summed E-state index contributed by atoms with van der Waals surface area (Å²) >= 11 is 0. The Morgan fingerprint density at radius 3 is 2.40 bits per heavy atom. The molecule has 0 saturated carbocycles. The third kappa shape index (κ3) is 3.45. The monoisotopic (exact) mass is 336 g/mol. The minimum absolute atomic E-state index is 0.228. The highest BCUT2D eigenvalue weighted by atomic mass is 16.4. The van der Waals surface area contributed by atoms with Crippen LogP contribution in [0.2, 0.25) is 0 Å². The van der Waals surface area contributed by atoms with Crippen molar-refractivity contribution in [3.8, 4) is 0 Å². The SMILES string of the molecule is CC(C)(Cc1nc(=O)c2ccccc2n1CC(=O)O)c1ccccc1. The number of aliphatic carboxylic acids is 1. The number of rotatable bonds is 5. The first-order chi connectivity index (χ1) is 11.9. The first-order valence-corrected chi connectivity index (χ1v) is 8.14. The first-order valence-electron chi connectivity index (χ1n) is 8.14. The van der Waals surface area contributed by atoms with Gasteiger partial charge in [0.25, 0.3) is 5.56 Å². The highest BCUT2D eigenvalue weighted by molar-refractivity contribution is 5.80. The largest absolute Gasteiger partial charge is 0.480 e. The van der Waals surface area contributed by atoms with E-state index >= 15 is 0 Å². The molecule has 0 aliphatic heterocycles. The summed E-state index contributed by atoms with van der Waals surface area (Å²) in [5.41, 5.74) is 1.10. The maximum absolute atomic E-state index is 12.4. The molecule has 2 aromatic carbocycles. The van der Waals surface area contributed by atoms with Crippen molar-refractivity contribution in [2.24, 2.45) is 0 Å². The quantitative estimate of drug-likeness (QED) is 0.777. The van der Waals surface area contributed by atoms with Gasteiger partial charge in [0.2, 0.25) is 0 Å². The number of fused-ring (bicyclic) bond motifs is 1. The van der Waals surface area contributed by atoms with Crippen LogP contribution in [0.1, 0.15) is 25.2 Å². The lowest BCUT2D eigenvalue weighted by atomic mass is 9.81. The predicted octanol–water partition coefficient (Wildman–Crippen LogP) is 3.00. The lowest BCUT2D eigenvalue weighted by molar-refractivity contribution is -0.137. The summed E-state index contributed by atoms with van der Waals surface area (Å²) in [6.07, 6.45) is 0.463. The van der Waals surface area contributed by atoms with Gasteiger partial charge in [-0.25, -0.2) is 0 Å². The lowest BCUT2D eigenvalue weighted by Gasteiger charge is -2.26. The van der Waals surface area contributed by atoms with Gasteiger partial charge in [0.15, 0.2) is 0 Å². The second-order valence-electron chi connectivity index (χ2n) is 6.76. The molecule has 1 aromatic heterocycles. The Balaban J connectivity index is 2.15. The van der Waals surface area contributed by atoms with E-state index in [1.807, 2.05) is 30.3 Å². The number of para-hydroxylation sites is 1. The van der Waals surface area contributed by atoms with E-state index in [4.69, 9.17) is 0 Å². The van der Waals surface area contributed by atoms with E-state index in [1.165, 1.54) is 0 Å². The van der Waals surface area contributed by atoms with Crippen molar-refractivity contribution in [2.75, 3.05) is 0 Å². The third-order valence-electron chi connectivity index (χ3n) is 4.42. The molecule has 0 aliphatic rings. The minimum Gasteiger partial charge on any atom is -0.480 e. The smallest absolute Gasteiger partial charge is 0.323 e. The fraction of sp³-hybridized carbons (Fsp3) is 0.250. The molecule has 0 unspecified atom stereocenters. The second kappa shape index (κ2) is 6.51. The Labute approximate surface area is 145 Å². The van der Waals surface area contributed by atoms with Crippen LogP contribution in [-0.4, -0.2) is 20.6 Å². The number of carbonyl (C=O) groups is 1. The number of carboxylic acids is 1. The van der Waals surface area contributed by atoms with Gasteiger partial charge in [0, 0.05) is 6.42 Å². The van der Waals surface area contributed by atoms with Crippen molar-refractivity contribution in [2.45, 2.75) is 32.2 Å². The van der Waals surface area contributed by atoms with E-state index in [0.29, 0.717) is 23.1 Å². The molecule has 128 valence electrons. The summed E-state index contributed by atoms with van der Waals surface area (Å²) in [6.45, 7) is 3.90. The Morgan fingerprint density at radius 2 is 1.72 bits per heavy atom. The molecule has 3 aromatic rings. The molecule has 0 amide bonds. The molecule has 1 heterocycles. The molecular weight excluding hydrogens is 316 g/mol. The van der Waals surface area contributed by atoms with Crippen LogP contribution in [0, 0.1) is 0 Å². The molecule has 0 saturated heterocycles. The molecule has 5 heteroatoms. The lowest BCUT2D eigenvalue weighted by Crippen LogP contribution is -2.28. The van der Waals surface area contributed by atoms with Crippen molar-refractivity contribution in [1.29, 1.82) is 0 Å². The predicted molar refractivity (Wildman–Crippen MR) is 96.8 cm³/mol. The molecular formula is C20H20N2O3. The summed E-state index contributed by atoms with van der Waals surface area (Å²) < 4.78 is 1.63. The maximum Gasteiger partial charge on any atom is 0.323 e. The van der Waals surface area contributed by atoms with Crippen LogP contribution in [0.3, 0.4) is 0 Å². The Kier molecular flexibility index (Phi) is 4.40. The van der Waals surface area contributed by atoms with Crippen molar-refractivity contribution in [3.63, 3.8) is 0 Å². The van der Waals surface area contributed by atoms with Crippen LogP contribution < -0.4 is 5.56 Å². The van der Waals surface area contributed by atoms with E-state index in [9.17, 15) is 14.7 Å². The van der Waals surface area contributed by atoms with Crippen LogP contribution in [0.4, 0.5) is 0 Å². The van der Waals surface area contributed by atoms with E-state index in [0.717, 1.165) is 5.56 Å². The molecule has 5 nitrogen and oxygen atoms in total. The first kappa shape index (κ1) is 16.9. The normalized spacial score (nSPS) is 11.6. The van der Waals surface area contributed by atoms with Crippen molar-refractivity contribution >= 4 is 16.9 Å². The molecule has 0 fully saturated rings. The van der Waals surface area contributed by atoms with Gasteiger partial charge in [0.05, 0.1) is 10.9 Å². The number of hydrogen-bond acceptors (Lipinski definition) is 3. The number of aromatic nitrogens is 2. The molecule has 0 spiro atoms. The summed E-state index contributed by atoms with van der Waals surface area (Å²) in [6, 6.07) is 16.9. The van der Waals surface area contributed by atoms with Gasteiger partial charge in [-0.05, 0) is 23.1 Å². The van der Waals surface area contributed by atoms with E-state index in [1.54, 1.807) is 28.8 Å². The molecule has 1 N–H and O–H groups in total. The fourth-order valence-corrected chi connectivity index (χ4v) is 3.10. The zero-order valence-electron chi connectivity index (χ0n) is 14.3. The maximum atomic E-state index is 12.4. The van der Waals surface area contributed by atoms with Crippen molar-refractivity contribution < 1.29 is 9.90 Å². The fourth-order valence-electron chi connectivity index (χ4n) is 3.10. The van der Waals surface area contributed by atoms with Gasteiger partial charge in [-0.1, -0.05) is 56.3 Å². The average molecular weight is 336 g/mol. The van der Waals surface area contributed by atoms with Crippen LogP contribution in [0.25, 0.3) is 10.9 Å². The van der Waals surface area contributed by atoms with Gasteiger partial charge in [-0.2, -0.15) is 4.98 Å². The van der Waals surface area contributed by atoms with Gasteiger partial charge < -0.3 is 9.67 Å². The number of hydrogen-bond donors (Lipinski definition) is 1. The number of benzene rings is 2. The number of nitrogens with zero attached hydrogens (tertiary/aromatic N) is 2. The Bertz CT molecular complexity index is 975. The van der Waals surface area contributed by atoms with Gasteiger partial charge in [-0.15, -0.1) is 0 Å². The highest BCUT2D eigenvalue weighted by Crippen LogP contribution is 2.27. The summed E-state index contributed by atoms with van der Waals surface area (Å²) in [7, 11) is 0. The van der Waals surface area contributed by atoms with E-state index in [2.05, 4.69) is 18.8 Å². The number of carboxylic acid groups (broad SMARTS) is 1. The molecule has 0 radical (unpaired) electrons. The summed E-state index contributed by atoms with van der Waals surface area (Å²) in [5.74, 6) is -0.477.